The molecule has 1 aromatic heterocycles. The minimum absolute atomic E-state index is 0.0662. The molecule has 1 fully saturated rings. The van der Waals surface area contributed by atoms with Gasteiger partial charge in [0.1, 0.15) is 12.3 Å². The highest BCUT2D eigenvalue weighted by Gasteiger charge is 2.23. The number of carbonyl (C=O) groups excluding carboxylic acids is 2. The van der Waals surface area contributed by atoms with Crippen LogP contribution in [0.25, 0.3) is 10.9 Å². The standard InChI is InChI=1S/C25H27N3O4/c1-31-25(30)21-16-28(22-5-3-2-4-20(21)22)17-24(29)27-11-9-26(10-12-27)15-18-6-7-23-19(14-18)8-13-32-23/h2-7,14,16H,8-13,15,17H2,1H3. The summed E-state index contributed by atoms with van der Waals surface area (Å²) in [4.78, 5) is 29.4. The molecule has 2 aromatic carbocycles. The number of para-hydroxylation sites is 1. The maximum atomic E-state index is 13.0. The van der Waals surface area contributed by atoms with E-state index in [2.05, 4.69) is 23.1 Å². The maximum Gasteiger partial charge on any atom is 0.340 e. The van der Waals surface area contributed by atoms with E-state index in [0.29, 0.717) is 18.7 Å². The molecule has 0 N–H and O–H groups in total. The molecule has 0 saturated carbocycles. The molecular weight excluding hydrogens is 406 g/mol. The molecule has 0 aliphatic carbocycles. The molecule has 0 unspecified atom stereocenters. The van der Waals surface area contributed by atoms with Crippen LogP contribution in [0.5, 0.6) is 5.75 Å². The molecule has 0 atom stereocenters. The predicted molar refractivity (Wildman–Crippen MR) is 121 cm³/mol. The molecule has 1 amide bonds. The van der Waals surface area contributed by atoms with Crippen LogP contribution in [0.15, 0.2) is 48.7 Å². The van der Waals surface area contributed by atoms with Crippen molar-refractivity contribution in [3.63, 3.8) is 0 Å². The Balaban J connectivity index is 1.21. The van der Waals surface area contributed by atoms with Crippen LogP contribution in [-0.2, 0) is 29.0 Å². The van der Waals surface area contributed by atoms with E-state index < -0.39 is 0 Å². The SMILES string of the molecule is COC(=O)c1cn(CC(=O)N2CCN(Cc3ccc4c(c3)CCO4)CC2)c2ccccc12. The second kappa shape index (κ2) is 8.67. The van der Waals surface area contributed by atoms with Gasteiger partial charge in [0.2, 0.25) is 5.91 Å². The van der Waals surface area contributed by atoms with Gasteiger partial charge in [-0.1, -0.05) is 30.3 Å². The number of carbonyl (C=O) groups is 2. The molecule has 5 rings (SSSR count). The number of aromatic nitrogens is 1. The summed E-state index contributed by atoms with van der Waals surface area (Å²) < 4.78 is 12.3. The lowest BCUT2D eigenvalue weighted by atomic mass is 10.1. The Morgan fingerprint density at radius 3 is 2.69 bits per heavy atom. The van der Waals surface area contributed by atoms with Crippen LogP contribution in [0.3, 0.4) is 0 Å². The lowest BCUT2D eigenvalue weighted by Crippen LogP contribution is -2.49. The first-order valence-corrected chi connectivity index (χ1v) is 11.0. The molecule has 166 valence electrons. The van der Waals surface area contributed by atoms with E-state index in [1.54, 1.807) is 6.20 Å². The van der Waals surface area contributed by atoms with Gasteiger partial charge >= 0.3 is 5.97 Å². The van der Waals surface area contributed by atoms with Gasteiger partial charge in [0.15, 0.2) is 0 Å². The van der Waals surface area contributed by atoms with Crippen LogP contribution in [0.2, 0.25) is 0 Å². The van der Waals surface area contributed by atoms with Crippen LogP contribution in [-0.4, -0.2) is 66.1 Å². The van der Waals surface area contributed by atoms with E-state index in [1.807, 2.05) is 33.7 Å². The van der Waals surface area contributed by atoms with Crippen molar-refractivity contribution in [2.24, 2.45) is 0 Å². The second-order valence-corrected chi connectivity index (χ2v) is 8.38. The first kappa shape index (κ1) is 20.6. The van der Waals surface area contributed by atoms with Crippen LogP contribution >= 0.6 is 0 Å². The molecule has 7 heteroatoms. The van der Waals surface area contributed by atoms with Gasteiger partial charge < -0.3 is 18.9 Å². The summed E-state index contributed by atoms with van der Waals surface area (Å²) in [7, 11) is 1.37. The summed E-state index contributed by atoms with van der Waals surface area (Å²) >= 11 is 0. The first-order valence-electron chi connectivity index (χ1n) is 11.0. The minimum Gasteiger partial charge on any atom is -0.493 e. The topological polar surface area (TPSA) is 64.0 Å². The Morgan fingerprint density at radius 2 is 1.88 bits per heavy atom. The number of amides is 1. The number of hydrogen-bond acceptors (Lipinski definition) is 5. The van der Waals surface area contributed by atoms with E-state index >= 15 is 0 Å². The summed E-state index contributed by atoms with van der Waals surface area (Å²) in [5.74, 6) is 0.688. The average Bonchev–Trinajstić information content (AvgIpc) is 3.43. The van der Waals surface area contributed by atoms with Crippen LogP contribution in [0.1, 0.15) is 21.5 Å². The fourth-order valence-corrected chi connectivity index (χ4v) is 4.65. The normalized spacial score (nSPS) is 16.1. The molecular formula is C25H27N3O4. The summed E-state index contributed by atoms with van der Waals surface area (Å²) in [6.07, 6.45) is 2.71. The number of piperazine rings is 1. The molecule has 0 radical (unpaired) electrons. The van der Waals surface area contributed by atoms with Crippen molar-refractivity contribution in [2.75, 3.05) is 39.9 Å². The maximum absolute atomic E-state index is 13.0. The third kappa shape index (κ3) is 3.96. The quantitative estimate of drug-likeness (QED) is 0.579. The van der Waals surface area contributed by atoms with Crippen molar-refractivity contribution in [1.29, 1.82) is 0 Å². The van der Waals surface area contributed by atoms with E-state index in [4.69, 9.17) is 9.47 Å². The minimum atomic E-state index is -0.390. The van der Waals surface area contributed by atoms with Crippen molar-refractivity contribution in [3.8, 4) is 5.75 Å². The van der Waals surface area contributed by atoms with Crippen molar-refractivity contribution < 1.29 is 19.1 Å². The first-order chi connectivity index (χ1) is 15.6. The third-order valence-corrected chi connectivity index (χ3v) is 6.38. The van der Waals surface area contributed by atoms with Crippen LogP contribution in [0, 0.1) is 0 Å². The third-order valence-electron chi connectivity index (χ3n) is 6.38. The smallest absolute Gasteiger partial charge is 0.340 e. The van der Waals surface area contributed by atoms with Crippen molar-refractivity contribution in [3.05, 3.63) is 65.4 Å². The largest absolute Gasteiger partial charge is 0.493 e. The number of esters is 1. The van der Waals surface area contributed by atoms with Gasteiger partial charge in [0, 0.05) is 56.2 Å². The highest BCUT2D eigenvalue weighted by Crippen LogP contribution is 2.26. The van der Waals surface area contributed by atoms with E-state index in [1.165, 1.54) is 18.2 Å². The molecule has 2 aliphatic heterocycles. The Kier molecular flexibility index (Phi) is 5.57. The Bertz CT molecular complexity index is 1160. The van der Waals surface area contributed by atoms with Gasteiger partial charge in [-0.15, -0.1) is 0 Å². The Morgan fingerprint density at radius 1 is 1.06 bits per heavy atom. The number of nitrogens with zero attached hydrogens (tertiary/aromatic N) is 3. The zero-order valence-electron chi connectivity index (χ0n) is 18.3. The highest BCUT2D eigenvalue weighted by molar-refractivity contribution is 6.04. The number of rotatable bonds is 5. The van der Waals surface area contributed by atoms with Crippen LogP contribution < -0.4 is 4.74 Å². The molecule has 0 spiro atoms. The molecule has 7 nitrogen and oxygen atoms in total. The van der Waals surface area contributed by atoms with E-state index in [9.17, 15) is 9.59 Å². The number of hydrogen-bond donors (Lipinski definition) is 0. The summed E-state index contributed by atoms with van der Waals surface area (Å²) in [6, 6.07) is 14.1. The summed E-state index contributed by atoms with van der Waals surface area (Å²) in [5.41, 5.74) is 3.94. The molecule has 3 aromatic rings. The van der Waals surface area contributed by atoms with Crippen molar-refractivity contribution in [1.82, 2.24) is 14.4 Å². The van der Waals surface area contributed by atoms with Gasteiger partial charge in [0.25, 0.3) is 0 Å². The Hall–Kier alpha value is -3.32. The lowest BCUT2D eigenvalue weighted by molar-refractivity contribution is -0.133. The second-order valence-electron chi connectivity index (χ2n) is 8.38. The molecule has 32 heavy (non-hydrogen) atoms. The number of fused-ring (bicyclic) bond motifs is 2. The van der Waals surface area contributed by atoms with Gasteiger partial charge in [-0.25, -0.2) is 4.79 Å². The van der Waals surface area contributed by atoms with Gasteiger partial charge in [-0.05, 0) is 23.3 Å². The monoisotopic (exact) mass is 433 g/mol. The van der Waals surface area contributed by atoms with Gasteiger partial charge in [-0.2, -0.15) is 0 Å². The van der Waals surface area contributed by atoms with Crippen molar-refractivity contribution >= 4 is 22.8 Å². The zero-order chi connectivity index (χ0) is 22.1. The highest BCUT2D eigenvalue weighted by atomic mass is 16.5. The fraction of sp³-hybridized carbons (Fsp3) is 0.360. The fourth-order valence-electron chi connectivity index (χ4n) is 4.65. The zero-order valence-corrected chi connectivity index (χ0v) is 18.3. The van der Waals surface area contributed by atoms with Gasteiger partial charge in [0.05, 0.1) is 19.3 Å². The molecule has 3 heterocycles. The van der Waals surface area contributed by atoms with E-state index in [-0.39, 0.29) is 18.4 Å². The average molecular weight is 434 g/mol. The van der Waals surface area contributed by atoms with Gasteiger partial charge in [-0.3, -0.25) is 9.69 Å². The van der Waals surface area contributed by atoms with Crippen LogP contribution in [0.4, 0.5) is 0 Å². The Labute approximate surface area is 187 Å². The summed E-state index contributed by atoms with van der Waals surface area (Å²) in [5, 5.41) is 0.803. The van der Waals surface area contributed by atoms with E-state index in [0.717, 1.165) is 49.3 Å². The lowest BCUT2D eigenvalue weighted by Gasteiger charge is -2.35. The number of benzene rings is 2. The molecule has 1 saturated heterocycles. The predicted octanol–water partition coefficient (Wildman–Crippen LogP) is 2.71. The number of methoxy groups -OCH3 is 1. The molecule has 2 aliphatic rings. The molecule has 0 bridgehead atoms. The van der Waals surface area contributed by atoms with Crippen molar-refractivity contribution in [2.45, 2.75) is 19.5 Å². The number of ether oxygens (including phenoxy) is 2. The summed E-state index contributed by atoms with van der Waals surface area (Å²) in [6.45, 7) is 4.98.